The van der Waals surface area contributed by atoms with E-state index in [0.29, 0.717) is 32.1 Å². The zero-order chi connectivity index (χ0) is 20.4. The molecular formula is C22H27NO5. The number of rotatable bonds is 10. The summed E-state index contributed by atoms with van der Waals surface area (Å²) in [4.78, 5) is 22.2. The number of aryl methyl sites for hydroxylation is 1. The molecule has 0 spiro atoms. The van der Waals surface area contributed by atoms with Crippen molar-refractivity contribution in [2.24, 2.45) is 0 Å². The van der Waals surface area contributed by atoms with E-state index in [-0.39, 0.29) is 12.4 Å². The maximum absolute atomic E-state index is 11.2. The quantitative estimate of drug-likeness (QED) is 0.252. The average molecular weight is 385 g/mol. The Morgan fingerprint density at radius 2 is 1.57 bits per heavy atom. The van der Waals surface area contributed by atoms with Crippen LogP contribution in [0.3, 0.4) is 0 Å². The standard InChI is InChI=1S/C22H27NO5/c1-28-22(26)15-8-16-6-9-17(10-7-16)18-11-13-19(14-12-18)20(24)4-2-3-5-21(25)23-27/h6-7,9-14,20,24,27H,2-5,8,15H2,1H3,(H,23,25)/t20-/m1/s1. The Morgan fingerprint density at radius 1 is 0.964 bits per heavy atom. The molecule has 0 saturated carbocycles. The van der Waals surface area contributed by atoms with Crippen LogP contribution in [0.1, 0.15) is 49.3 Å². The van der Waals surface area contributed by atoms with E-state index < -0.39 is 12.0 Å². The highest BCUT2D eigenvalue weighted by atomic mass is 16.5. The molecule has 2 rings (SSSR count). The van der Waals surface area contributed by atoms with E-state index in [0.717, 1.165) is 22.3 Å². The van der Waals surface area contributed by atoms with Gasteiger partial charge in [0.2, 0.25) is 5.91 Å². The molecule has 2 aromatic rings. The van der Waals surface area contributed by atoms with Crippen LogP contribution in [0.25, 0.3) is 11.1 Å². The highest BCUT2D eigenvalue weighted by Gasteiger charge is 2.09. The normalized spacial score (nSPS) is 11.7. The molecule has 0 fully saturated rings. The molecule has 0 bridgehead atoms. The molecule has 0 aliphatic rings. The zero-order valence-corrected chi connectivity index (χ0v) is 16.1. The van der Waals surface area contributed by atoms with Crippen molar-refractivity contribution < 1.29 is 24.6 Å². The maximum atomic E-state index is 11.2. The summed E-state index contributed by atoms with van der Waals surface area (Å²) in [5.74, 6) is -0.620. The molecule has 6 heteroatoms. The fraction of sp³-hybridized carbons (Fsp3) is 0.364. The van der Waals surface area contributed by atoms with Gasteiger partial charge in [-0.05, 0) is 41.5 Å². The molecule has 0 radical (unpaired) electrons. The molecule has 0 unspecified atom stereocenters. The number of hydroxylamine groups is 1. The molecule has 3 N–H and O–H groups in total. The topological polar surface area (TPSA) is 95.9 Å². The summed E-state index contributed by atoms with van der Waals surface area (Å²) in [6.07, 6.45) is 2.57. The van der Waals surface area contributed by atoms with E-state index in [1.165, 1.54) is 7.11 Å². The molecule has 6 nitrogen and oxygen atoms in total. The van der Waals surface area contributed by atoms with E-state index in [2.05, 4.69) is 4.74 Å². The second kappa shape index (κ2) is 11.2. The van der Waals surface area contributed by atoms with Gasteiger partial charge in [0.15, 0.2) is 0 Å². The fourth-order valence-electron chi connectivity index (χ4n) is 2.96. The number of aliphatic hydroxyl groups excluding tert-OH is 1. The first-order chi connectivity index (χ1) is 13.5. The van der Waals surface area contributed by atoms with Crippen LogP contribution in [0.4, 0.5) is 0 Å². The lowest BCUT2D eigenvalue weighted by atomic mass is 9.98. The SMILES string of the molecule is COC(=O)CCc1ccc(-c2ccc([C@H](O)CCCCC(=O)NO)cc2)cc1. The second-order valence-electron chi connectivity index (χ2n) is 6.69. The van der Waals surface area contributed by atoms with Gasteiger partial charge >= 0.3 is 5.97 Å². The summed E-state index contributed by atoms with van der Waals surface area (Å²) in [5.41, 5.74) is 5.64. The maximum Gasteiger partial charge on any atom is 0.305 e. The monoisotopic (exact) mass is 385 g/mol. The fourth-order valence-corrected chi connectivity index (χ4v) is 2.96. The van der Waals surface area contributed by atoms with Crippen molar-refractivity contribution in [2.45, 2.75) is 44.6 Å². The van der Waals surface area contributed by atoms with E-state index in [4.69, 9.17) is 5.21 Å². The number of carbonyl (C=O) groups is 2. The van der Waals surface area contributed by atoms with Crippen LogP contribution < -0.4 is 5.48 Å². The van der Waals surface area contributed by atoms with Crippen LogP contribution in [0, 0.1) is 0 Å². The minimum Gasteiger partial charge on any atom is -0.469 e. The smallest absolute Gasteiger partial charge is 0.305 e. The molecule has 0 aromatic heterocycles. The molecule has 1 amide bonds. The van der Waals surface area contributed by atoms with Crippen molar-refractivity contribution >= 4 is 11.9 Å². The predicted octanol–water partition coefficient (Wildman–Crippen LogP) is 3.56. The summed E-state index contributed by atoms with van der Waals surface area (Å²) in [5, 5.41) is 18.7. The van der Waals surface area contributed by atoms with Gasteiger partial charge in [-0.2, -0.15) is 0 Å². The van der Waals surface area contributed by atoms with Crippen molar-refractivity contribution in [1.29, 1.82) is 0 Å². The first-order valence-electron chi connectivity index (χ1n) is 9.40. The van der Waals surface area contributed by atoms with E-state index in [1.54, 1.807) is 5.48 Å². The summed E-state index contributed by atoms with van der Waals surface area (Å²) in [6, 6.07) is 15.8. The van der Waals surface area contributed by atoms with Crippen LogP contribution in [0.15, 0.2) is 48.5 Å². The third kappa shape index (κ3) is 6.79. The van der Waals surface area contributed by atoms with Gasteiger partial charge in [-0.15, -0.1) is 0 Å². The molecule has 0 heterocycles. The Labute approximate surface area is 165 Å². The van der Waals surface area contributed by atoms with E-state index in [1.807, 2.05) is 48.5 Å². The lowest BCUT2D eigenvalue weighted by Crippen LogP contribution is -2.17. The van der Waals surface area contributed by atoms with Gasteiger partial charge in [-0.1, -0.05) is 55.0 Å². The average Bonchev–Trinajstić information content (AvgIpc) is 2.75. The number of aliphatic hydroxyl groups is 1. The summed E-state index contributed by atoms with van der Waals surface area (Å²) < 4.78 is 4.65. The van der Waals surface area contributed by atoms with Crippen LogP contribution in [0.5, 0.6) is 0 Å². The third-order valence-corrected chi connectivity index (χ3v) is 4.68. The number of esters is 1. The number of benzene rings is 2. The van der Waals surface area contributed by atoms with Crippen LogP contribution in [-0.2, 0) is 20.7 Å². The molecule has 28 heavy (non-hydrogen) atoms. The molecule has 0 aliphatic heterocycles. The molecule has 150 valence electrons. The number of ether oxygens (including phenoxy) is 1. The Morgan fingerprint density at radius 3 is 2.14 bits per heavy atom. The Hall–Kier alpha value is -2.70. The number of hydrogen-bond donors (Lipinski definition) is 3. The van der Waals surface area contributed by atoms with Gasteiger partial charge in [0.05, 0.1) is 13.2 Å². The molecular weight excluding hydrogens is 358 g/mol. The Balaban J connectivity index is 1.87. The lowest BCUT2D eigenvalue weighted by molar-refractivity contribution is -0.140. The number of nitrogens with one attached hydrogen (secondary N) is 1. The molecule has 1 atom stereocenters. The minimum absolute atomic E-state index is 0.213. The number of methoxy groups -OCH3 is 1. The summed E-state index contributed by atoms with van der Waals surface area (Å²) in [7, 11) is 1.39. The largest absolute Gasteiger partial charge is 0.469 e. The van der Waals surface area contributed by atoms with Gasteiger partial charge in [-0.3, -0.25) is 14.8 Å². The van der Waals surface area contributed by atoms with E-state index >= 15 is 0 Å². The molecule has 2 aromatic carbocycles. The number of amides is 1. The van der Waals surface area contributed by atoms with Crippen molar-refractivity contribution in [2.75, 3.05) is 7.11 Å². The number of hydrogen-bond acceptors (Lipinski definition) is 5. The van der Waals surface area contributed by atoms with Crippen molar-refractivity contribution in [3.63, 3.8) is 0 Å². The molecule has 0 aliphatic carbocycles. The van der Waals surface area contributed by atoms with Crippen molar-refractivity contribution in [3.8, 4) is 11.1 Å². The van der Waals surface area contributed by atoms with Gasteiger partial charge < -0.3 is 9.84 Å². The van der Waals surface area contributed by atoms with Crippen molar-refractivity contribution in [1.82, 2.24) is 5.48 Å². The summed E-state index contributed by atoms with van der Waals surface area (Å²) >= 11 is 0. The minimum atomic E-state index is -0.577. The summed E-state index contributed by atoms with van der Waals surface area (Å²) in [6.45, 7) is 0. The first-order valence-corrected chi connectivity index (χ1v) is 9.40. The van der Waals surface area contributed by atoms with Gasteiger partial charge in [0.25, 0.3) is 0 Å². The van der Waals surface area contributed by atoms with Gasteiger partial charge in [0, 0.05) is 12.8 Å². The zero-order valence-electron chi connectivity index (χ0n) is 16.1. The first kappa shape index (κ1) is 21.6. The van der Waals surface area contributed by atoms with Crippen LogP contribution in [0.2, 0.25) is 0 Å². The number of carbonyl (C=O) groups excluding carboxylic acids is 2. The van der Waals surface area contributed by atoms with Crippen molar-refractivity contribution in [3.05, 3.63) is 59.7 Å². The highest BCUT2D eigenvalue weighted by molar-refractivity contribution is 5.74. The predicted molar refractivity (Wildman–Crippen MR) is 106 cm³/mol. The second-order valence-corrected chi connectivity index (χ2v) is 6.69. The van der Waals surface area contributed by atoms with Gasteiger partial charge in [0.1, 0.15) is 0 Å². The van der Waals surface area contributed by atoms with Crippen LogP contribution in [-0.4, -0.2) is 29.3 Å². The molecule has 0 saturated heterocycles. The van der Waals surface area contributed by atoms with E-state index in [9.17, 15) is 14.7 Å². The van der Waals surface area contributed by atoms with Gasteiger partial charge in [-0.25, -0.2) is 5.48 Å². The Kier molecular flexibility index (Phi) is 8.65. The third-order valence-electron chi connectivity index (χ3n) is 4.68. The Bertz CT molecular complexity index is 756. The van der Waals surface area contributed by atoms with Crippen LogP contribution >= 0.6 is 0 Å². The number of unbranched alkanes of at least 4 members (excludes halogenated alkanes) is 1. The highest BCUT2D eigenvalue weighted by Crippen LogP contribution is 2.25. The lowest BCUT2D eigenvalue weighted by Gasteiger charge is -2.12.